The minimum absolute atomic E-state index is 0.0110. The number of thiophene rings is 1. The Bertz CT molecular complexity index is 1710. The second kappa shape index (κ2) is 13.2. The summed E-state index contributed by atoms with van der Waals surface area (Å²) >= 11 is 2.26. The van der Waals surface area contributed by atoms with Gasteiger partial charge in [-0.15, -0.1) is 10.2 Å². The maximum Gasteiger partial charge on any atom is 0.435 e. The van der Waals surface area contributed by atoms with Gasteiger partial charge >= 0.3 is 12.1 Å². The number of benzene rings is 2. The Labute approximate surface area is 260 Å². The molecule has 0 aliphatic carbocycles. The minimum atomic E-state index is -4.79. The lowest BCUT2D eigenvalue weighted by atomic mass is 10.1. The standard InChI is InChI=1S/C30H30F3N7O2S2/c1-5-42-28(41)26-27(30(31,32)33)34-29(44-26)39(4)23-11-9-21(17-19(23)3)35-37-22-10-8-20(16-18(22)2)36-38-24-12-13-25(43-24)40-14-6-7-15-40/h8-13,16-17H,5-7,14-15H2,1-4H3. The molecule has 3 heterocycles. The third-order valence-electron chi connectivity index (χ3n) is 6.89. The molecule has 0 spiro atoms. The van der Waals surface area contributed by atoms with Gasteiger partial charge in [0.15, 0.2) is 10.8 Å². The molecule has 2 aromatic heterocycles. The van der Waals surface area contributed by atoms with E-state index in [9.17, 15) is 18.0 Å². The zero-order chi connectivity index (χ0) is 31.4. The smallest absolute Gasteiger partial charge is 0.435 e. The van der Waals surface area contributed by atoms with Crippen LogP contribution in [-0.4, -0.2) is 37.7 Å². The van der Waals surface area contributed by atoms with Gasteiger partial charge in [-0.25, -0.2) is 9.78 Å². The fourth-order valence-electron chi connectivity index (χ4n) is 4.67. The molecule has 0 N–H and O–H groups in total. The average molecular weight is 642 g/mol. The number of nitrogens with zero attached hydrogens (tertiary/aromatic N) is 7. The van der Waals surface area contributed by atoms with Crippen LogP contribution in [0.3, 0.4) is 0 Å². The molecule has 9 nitrogen and oxygen atoms in total. The number of azo groups is 2. The number of ether oxygens (including phenoxy) is 1. The fraction of sp³-hybridized carbons (Fsp3) is 0.333. The maximum absolute atomic E-state index is 13.6. The molecule has 2 aromatic carbocycles. The summed E-state index contributed by atoms with van der Waals surface area (Å²) < 4.78 is 45.5. The Balaban J connectivity index is 1.27. The summed E-state index contributed by atoms with van der Waals surface area (Å²) in [5.41, 5.74) is 2.91. The van der Waals surface area contributed by atoms with Crippen LogP contribution in [0.1, 0.15) is 46.3 Å². The quantitative estimate of drug-likeness (QED) is 0.134. The van der Waals surface area contributed by atoms with Crippen LogP contribution in [0.25, 0.3) is 0 Å². The van der Waals surface area contributed by atoms with Crippen molar-refractivity contribution in [3.8, 4) is 0 Å². The van der Waals surface area contributed by atoms with Crippen LogP contribution in [0.15, 0.2) is 69.0 Å². The molecule has 230 valence electrons. The third kappa shape index (κ3) is 7.13. The molecule has 0 unspecified atom stereocenters. The highest BCUT2D eigenvalue weighted by molar-refractivity contribution is 7.19. The number of alkyl halides is 3. The molecule has 0 atom stereocenters. The van der Waals surface area contributed by atoms with Crippen molar-refractivity contribution in [1.82, 2.24) is 4.98 Å². The van der Waals surface area contributed by atoms with E-state index in [1.165, 1.54) is 29.7 Å². The van der Waals surface area contributed by atoms with E-state index in [-0.39, 0.29) is 11.7 Å². The van der Waals surface area contributed by atoms with Gasteiger partial charge in [-0.05, 0) is 93.3 Å². The van der Waals surface area contributed by atoms with E-state index in [0.717, 1.165) is 29.2 Å². The van der Waals surface area contributed by atoms with Crippen molar-refractivity contribution in [2.75, 3.05) is 36.5 Å². The monoisotopic (exact) mass is 641 g/mol. The molecule has 1 fully saturated rings. The fourth-order valence-corrected chi connectivity index (χ4v) is 6.51. The number of anilines is 3. The highest BCUT2D eigenvalue weighted by Gasteiger charge is 2.40. The van der Waals surface area contributed by atoms with Crippen LogP contribution < -0.4 is 9.80 Å². The molecule has 5 rings (SSSR count). The number of thiazole rings is 1. The van der Waals surface area contributed by atoms with Gasteiger partial charge < -0.3 is 14.5 Å². The number of esters is 1. The molecule has 44 heavy (non-hydrogen) atoms. The number of carbonyl (C=O) groups is 1. The number of hydrogen-bond acceptors (Lipinski definition) is 11. The van der Waals surface area contributed by atoms with E-state index in [2.05, 4.69) is 36.4 Å². The van der Waals surface area contributed by atoms with E-state index >= 15 is 0 Å². The Hall–Kier alpha value is -4.17. The lowest BCUT2D eigenvalue weighted by Crippen LogP contribution is -2.15. The second-order valence-corrected chi connectivity index (χ2v) is 12.1. The van der Waals surface area contributed by atoms with Gasteiger partial charge in [-0.1, -0.05) is 22.7 Å². The highest BCUT2D eigenvalue weighted by atomic mass is 32.1. The molecular weight excluding hydrogens is 612 g/mol. The number of halogens is 3. The summed E-state index contributed by atoms with van der Waals surface area (Å²) in [6, 6.07) is 14.8. The SMILES string of the molecule is CCOC(=O)c1sc(N(C)c2ccc(N=Nc3ccc(N=Nc4ccc(N5CCCC5)s4)cc3C)cc2C)nc1C(F)(F)F. The van der Waals surface area contributed by atoms with Crippen LogP contribution in [-0.2, 0) is 10.9 Å². The highest BCUT2D eigenvalue weighted by Crippen LogP contribution is 2.40. The van der Waals surface area contributed by atoms with E-state index in [4.69, 9.17) is 4.74 Å². The van der Waals surface area contributed by atoms with Gasteiger partial charge in [0.1, 0.15) is 9.88 Å². The molecule has 14 heteroatoms. The van der Waals surface area contributed by atoms with E-state index < -0.39 is 22.7 Å². The van der Waals surface area contributed by atoms with Crippen molar-refractivity contribution in [3.05, 3.63) is 70.2 Å². The molecule has 4 aromatic rings. The van der Waals surface area contributed by atoms with Crippen LogP contribution in [0.5, 0.6) is 0 Å². The number of hydrogen-bond donors (Lipinski definition) is 0. The maximum atomic E-state index is 13.6. The summed E-state index contributed by atoms with van der Waals surface area (Å²) in [4.78, 5) is 19.2. The topological polar surface area (TPSA) is 95.1 Å². The van der Waals surface area contributed by atoms with Crippen molar-refractivity contribution in [3.63, 3.8) is 0 Å². The third-order valence-corrected chi connectivity index (χ3v) is 9.03. The Morgan fingerprint density at radius 3 is 2.30 bits per heavy atom. The molecule has 1 saturated heterocycles. The van der Waals surface area contributed by atoms with Crippen molar-refractivity contribution in [2.24, 2.45) is 20.5 Å². The van der Waals surface area contributed by atoms with Gasteiger partial charge in [0.25, 0.3) is 0 Å². The first kappa shape index (κ1) is 31.3. The molecule has 0 amide bonds. The summed E-state index contributed by atoms with van der Waals surface area (Å²) in [7, 11) is 1.59. The van der Waals surface area contributed by atoms with Crippen LogP contribution in [0.2, 0.25) is 0 Å². The second-order valence-electron chi connectivity index (χ2n) is 10.1. The molecular formula is C30H30F3N7O2S2. The number of rotatable bonds is 9. The van der Waals surface area contributed by atoms with Gasteiger partial charge in [0.05, 0.1) is 28.7 Å². The average Bonchev–Trinajstić information content (AvgIpc) is 3.76. The van der Waals surface area contributed by atoms with Crippen LogP contribution in [0.4, 0.5) is 51.1 Å². The lowest BCUT2D eigenvalue weighted by Gasteiger charge is -2.18. The summed E-state index contributed by atoms with van der Waals surface area (Å²) in [5, 5.41) is 19.6. The summed E-state index contributed by atoms with van der Waals surface area (Å²) in [6.45, 7) is 7.39. The minimum Gasteiger partial charge on any atom is -0.462 e. The van der Waals surface area contributed by atoms with E-state index in [1.807, 2.05) is 38.1 Å². The van der Waals surface area contributed by atoms with Crippen molar-refractivity contribution in [2.45, 2.75) is 39.8 Å². The molecule has 0 bridgehead atoms. The van der Waals surface area contributed by atoms with Gasteiger partial charge in [0.2, 0.25) is 0 Å². The molecule has 1 aliphatic heterocycles. The normalized spacial score (nSPS) is 13.8. The zero-order valence-corrected chi connectivity index (χ0v) is 26.2. The van der Waals surface area contributed by atoms with Crippen molar-refractivity contribution in [1.29, 1.82) is 0 Å². The number of aromatic nitrogens is 1. The Morgan fingerprint density at radius 1 is 0.955 bits per heavy atom. The predicted octanol–water partition coefficient (Wildman–Crippen LogP) is 10.2. The lowest BCUT2D eigenvalue weighted by molar-refractivity contribution is -0.141. The van der Waals surface area contributed by atoms with Crippen LogP contribution in [0, 0.1) is 13.8 Å². The molecule has 1 aliphatic rings. The number of aryl methyl sites for hydroxylation is 2. The van der Waals surface area contributed by atoms with Crippen LogP contribution >= 0.6 is 22.7 Å². The van der Waals surface area contributed by atoms with Gasteiger partial charge in [-0.3, -0.25) is 0 Å². The van der Waals surface area contributed by atoms with Gasteiger partial charge in [0, 0.05) is 25.8 Å². The largest absolute Gasteiger partial charge is 0.462 e. The van der Waals surface area contributed by atoms with Gasteiger partial charge in [-0.2, -0.15) is 23.4 Å². The van der Waals surface area contributed by atoms with Crippen molar-refractivity contribution >= 4 is 66.5 Å². The zero-order valence-electron chi connectivity index (χ0n) is 24.6. The first-order valence-corrected chi connectivity index (χ1v) is 15.5. The van der Waals surface area contributed by atoms with Crippen molar-refractivity contribution < 1.29 is 22.7 Å². The summed E-state index contributed by atoms with van der Waals surface area (Å²) in [5.74, 6) is -1.05. The molecule has 0 saturated carbocycles. The first-order chi connectivity index (χ1) is 21.0. The van der Waals surface area contributed by atoms with E-state index in [1.54, 1.807) is 36.6 Å². The summed E-state index contributed by atoms with van der Waals surface area (Å²) in [6.07, 6.45) is -2.34. The Kier molecular flexibility index (Phi) is 9.39. The Morgan fingerprint density at radius 2 is 1.64 bits per heavy atom. The van der Waals surface area contributed by atoms with E-state index in [0.29, 0.717) is 34.1 Å². The first-order valence-electron chi connectivity index (χ1n) is 13.9. The predicted molar refractivity (Wildman–Crippen MR) is 168 cm³/mol. The molecule has 0 radical (unpaired) electrons. The number of carbonyl (C=O) groups excluding carboxylic acids is 1.